The van der Waals surface area contributed by atoms with Crippen molar-refractivity contribution < 1.29 is 19.4 Å². The number of ether oxygens (including phenoxy) is 2. The van der Waals surface area contributed by atoms with Gasteiger partial charge in [-0.25, -0.2) is 4.79 Å². The lowest BCUT2D eigenvalue weighted by atomic mass is 10.2. The van der Waals surface area contributed by atoms with Gasteiger partial charge in [0.15, 0.2) is 0 Å². The fraction of sp³-hybridized carbons (Fsp3) is 0.462. The summed E-state index contributed by atoms with van der Waals surface area (Å²) in [6, 6.07) is 4.38. The Labute approximate surface area is 111 Å². The van der Waals surface area contributed by atoms with Crippen LogP contribution in [-0.4, -0.2) is 30.9 Å². The molecule has 0 fully saturated rings. The lowest BCUT2D eigenvalue weighted by Gasteiger charge is -2.10. The van der Waals surface area contributed by atoms with Crippen molar-refractivity contribution >= 4 is 17.6 Å². The molecule has 0 aromatic heterocycles. The SMILES string of the molecule is CC(C)COCCOc1ccc(C(=O)O)cc1Cl. The minimum atomic E-state index is -1.01. The first-order chi connectivity index (χ1) is 8.50. The third kappa shape index (κ3) is 4.94. The predicted molar refractivity (Wildman–Crippen MR) is 69.6 cm³/mol. The molecular weight excluding hydrogens is 256 g/mol. The lowest BCUT2D eigenvalue weighted by molar-refractivity contribution is 0.0696. The average Bonchev–Trinajstić information content (AvgIpc) is 2.29. The molecule has 0 radical (unpaired) electrons. The number of halogens is 1. The molecule has 0 heterocycles. The van der Waals surface area contributed by atoms with Gasteiger partial charge in [-0.1, -0.05) is 25.4 Å². The Morgan fingerprint density at radius 2 is 2.11 bits per heavy atom. The van der Waals surface area contributed by atoms with Crippen molar-refractivity contribution in [1.29, 1.82) is 0 Å². The van der Waals surface area contributed by atoms with Crippen molar-refractivity contribution in [2.45, 2.75) is 13.8 Å². The number of rotatable bonds is 7. The zero-order chi connectivity index (χ0) is 13.5. The summed E-state index contributed by atoms with van der Waals surface area (Å²) < 4.78 is 10.8. The number of benzene rings is 1. The zero-order valence-corrected chi connectivity index (χ0v) is 11.2. The second kappa shape index (κ2) is 7.24. The highest BCUT2D eigenvalue weighted by Crippen LogP contribution is 2.25. The van der Waals surface area contributed by atoms with Gasteiger partial charge in [-0.15, -0.1) is 0 Å². The molecule has 0 aliphatic heterocycles. The molecule has 18 heavy (non-hydrogen) atoms. The molecule has 0 saturated carbocycles. The van der Waals surface area contributed by atoms with E-state index < -0.39 is 5.97 Å². The molecule has 0 aliphatic rings. The van der Waals surface area contributed by atoms with Crippen molar-refractivity contribution in [3.63, 3.8) is 0 Å². The topological polar surface area (TPSA) is 55.8 Å². The normalized spacial score (nSPS) is 10.7. The van der Waals surface area contributed by atoms with Crippen LogP contribution >= 0.6 is 11.6 Å². The smallest absolute Gasteiger partial charge is 0.335 e. The number of aromatic carboxylic acids is 1. The van der Waals surface area contributed by atoms with E-state index >= 15 is 0 Å². The standard InChI is InChI=1S/C13H17ClO4/c1-9(2)8-17-5-6-18-12-4-3-10(13(15)16)7-11(12)14/h3-4,7,9H,5-6,8H2,1-2H3,(H,15,16). The highest BCUT2D eigenvalue weighted by molar-refractivity contribution is 6.32. The molecule has 1 aromatic carbocycles. The van der Waals surface area contributed by atoms with Crippen molar-refractivity contribution in [3.05, 3.63) is 28.8 Å². The van der Waals surface area contributed by atoms with E-state index in [1.165, 1.54) is 12.1 Å². The molecule has 0 aliphatic carbocycles. The molecule has 0 saturated heterocycles. The average molecular weight is 273 g/mol. The minimum absolute atomic E-state index is 0.142. The van der Waals surface area contributed by atoms with Crippen LogP contribution in [0.15, 0.2) is 18.2 Å². The van der Waals surface area contributed by atoms with Crippen molar-refractivity contribution in [2.24, 2.45) is 5.92 Å². The largest absolute Gasteiger partial charge is 0.490 e. The summed E-state index contributed by atoms with van der Waals surface area (Å²) in [5.41, 5.74) is 0.142. The van der Waals surface area contributed by atoms with Crippen LogP contribution in [0.3, 0.4) is 0 Å². The van der Waals surface area contributed by atoms with E-state index in [4.69, 9.17) is 26.2 Å². The molecule has 0 amide bonds. The molecule has 0 spiro atoms. The number of carboxylic acids is 1. The highest BCUT2D eigenvalue weighted by atomic mass is 35.5. The Morgan fingerprint density at radius 1 is 1.39 bits per heavy atom. The Kier molecular flexibility index (Phi) is 5.95. The van der Waals surface area contributed by atoms with Crippen LogP contribution in [0.1, 0.15) is 24.2 Å². The fourth-order valence-corrected chi connectivity index (χ4v) is 1.52. The number of carbonyl (C=O) groups is 1. The molecular formula is C13H17ClO4. The van der Waals surface area contributed by atoms with E-state index in [0.717, 1.165) is 0 Å². The molecule has 1 N–H and O–H groups in total. The van der Waals surface area contributed by atoms with Crippen LogP contribution in [-0.2, 0) is 4.74 Å². The molecule has 1 aromatic rings. The van der Waals surface area contributed by atoms with Crippen LogP contribution in [0.2, 0.25) is 5.02 Å². The quantitative estimate of drug-likeness (QED) is 0.775. The summed E-state index contributed by atoms with van der Waals surface area (Å²) in [6.45, 7) is 5.70. The van der Waals surface area contributed by atoms with E-state index in [2.05, 4.69) is 13.8 Å². The first-order valence-corrected chi connectivity index (χ1v) is 6.12. The number of carboxylic acid groups (broad SMARTS) is 1. The van der Waals surface area contributed by atoms with Crippen LogP contribution < -0.4 is 4.74 Å². The Bertz CT molecular complexity index is 404. The first kappa shape index (κ1) is 14.8. The van der Waals surface area contributed by atoms with Gasteiger partial charge >= 0.3 is 5.97 Å². The summed E-state index contributed by atoms with van der Waals surface area (Å²) in [7, 11) is 0. The van der Waals surface area contributed by atoms with E-state index in [1.807, 2.05) is 0 Å². The maximum absolute atomic E-state index is 10.7. The van der Waals surface area contributed by atoms with Gasteiger partial charge in [-0.3, -0.25) is 0 Å². The predicted octanol–water partition coefficient (Wildman–Crippen LogP) is 3.09. The summed E-state index contributed by atoms with van der Waals surface area (Å²) in [4.78, 5) is 10.7. The molecule has 1 rings (SSSR count). The third-order valence-electron chi connectivity index (χ3n) is 2.12. The first-order valence-electron chi connectivity index (χ1n) is 5.74. The Balaban J connectivity index is 2.41. The van der Waals surface area contributed by atoms with E-state index in [-0.39, 0.29) is 5.56 Å². The van der Waals surface area contributed by atoms with Gasteiger partial charge in [0.1, 0.15) is 12.4 Å². The van der Waals surface area contributed by atoms with Gasteiger partial charge in [0.05, 0.1) is 17.2 Å². The van der Waals surface area contributed by atoms with Crippen molar-refractivity contribution in [1.82, 2.24) is 0 Å². The Morgan fingerprint density at radius 3 is 2.67 bits per heavy atom. The molecule has 0 unspecified atom stereocenters. The van der Waals surface area contributed by atoms with Crippen molar-refractivity contribution in [3.8, 4) is 5.75 Å². The van der Waals surface area contributed by atoms with Crippen LogP contribution in [0.25, 0.3) is 0 Å². The number of hydrogen-bond acceptors (Lipinski definition) is 3. The minimum Gasteiger partial charge on any atom is -0.490 e. The second-order valence-corrected chi connectivity index (χ2v) is 4.67. The Hall–Kier alpha value is -1.26. The summed E-state index contributed by atoms with van der Waals surface area (Å²) in [5.74, 6) is -0.0537. The summed E-state index contributed by atoms with van der Waals surface area (Å²) >= 11 is 5.91. The van der Waals surface area contributed by atoms with E-state index in [0.29, 0.717) is 36.5 Å². The van der Waals surface area contributed by atoms with Gasteiger partial charge in [0.2, 0.25) is 0 Å². The van der Waals surface area contributed by atoms with Gasteiger partial charge in [-0.2, -0.15) is 0 Å². The molecule has 0 bridgehead atoms. The summed E-state index contributed by atoms with van der Waals surface area (Å²) in [6.07, 6.45) is 0. The lowest BCUT2D eigenvalue weighted by Crippen LogP contribution is -2.10. The van der Waals surface area contributed by atoms with Crippen LogP contribution in [0, 0.1) is 5.92 Å². The molecule has 4 nitrogen and oxygen atoms in total. The molecule has 100 valence electrons. The van der Waals surface area contributed by atoms with Crippen LogP contribution in [0.5, 0.6) is 5.75 Å². The highest BCUT2D eigenvalue weighted by Gasteiger charge is 2.07. The van der Waals surface area contributed by atoms with Gasteiger partial charge in [0, 0.05) is 6.61 Å². The van der Waals surface area contributed by atoms with E-state index in [1.54, 1.807) is 6.07 Å². The molecule has 0 atom stereocenters. The van der Waals surface area contributed by atoms with Gasteiger partial charge in [-0.05, 0) is 24.1 Å². The maximum atomic E-state index is 10.7. The molecule has 5 heteroatoms. The fourth-order valence-electron chi connectivity index (χ4n) is 1.28. The van der Waals surface area contributed by atoms with Gasteiger partial charge in [0.25, 0.3) is 0 Å². The van der Waals surface area contributed by atoms with Crippen LogP contribution in [0.4, 0.5) is 0 Å². The maximum Gasteiger partial charge on any atom is 0.335 e. The monoisotopic (exact) mass is 272 g/mol. The second-order valence-electron chi connectivity index (χ2n) is 4.27. The van der Waals surface area contributed by atoms with Crippen molar-refractivity contribution in [2.75, 3.05) is 19.8 Å². The van der Waals surface area contributed by atoms with Gasteiger partial charge < -0.3 is 14.6 Å². The zero-order valence-electron chi connectivity index (χ0n) is 10.5. The summed E-state index contributed by atoms with van der Waals surface area (Å²) in [5, 5.41) is 9.07. The third-order valence-corrected chi connectivity index (χ3v) is 2.41. The number of hydrogen-bond donors (Lipinski definition) is 1. The van der Waals surface area contributed by atoms with E-state index in [9.17, 15) is 4.79 Å².